The minimum Gasteiger partial charge on any atom is -0.261 e. The highest BCUT2D eigenvalue weighted by Crippen LogP contribution is 2.62. The van der Waals surface area contributed by atoms with Crippen LogP contribution in [0.4, 0.5) is 0 Å². The fourth-order valence-corrected chi connectivity index (χ4v) is 6.92. The van der Waals surface area contributed by atoms with Crippen LogP contribution in [0.2, 0.25) is 0 Å². The van der Waals surface area contributed by atoms with Gasteiger partial charge < -0.3 is 0 Å². The van der Waals surface area contributed by atoms with Gasteiger partial charge in [-0.25, -0.2) is 0 Å². The number of aromatic nitrogens is 1. The summed E-state index contributed by atoms with van der Waals surface area (Å²) in [5.74, 6) is 3.68. The zero-order valence-corrected chi connectivity index (χ0v) is 14.6. The van der Waals surface area contributed by atoms with Crippen molar-refractivity contribution < 1.29 is 0 Å². The number of alkyl halides is 1. The highest BCUT2D eigenvalue weighted by Gasteiger charge is 2.51. The maximum absolute atomic E-state index is 4.56. The van der Waals surface area contributed by atoms with Crippen LogP contribution in [0.1, 0.15) is 63.5 Å². The van der Waals surface area contributed by atoms with Gasteiger partial charge in [-0.1, -0.05) is 28.9 Å². The smallest absolute Gasteiger partial charge is 0.0442 e. The standard InChI is InChI=1S/C19H26BrN/c1-13(18-4-2-3-5-21-18)17(20)12-19-9-14-6-15(10-19)8-16(7-14)11-19/h2-5,13-17H,6-12H2,1H3. The van der Waals surface area contributed by atoms with Crippen LogP contribution in [0.25, 0.3) is 0 Å². The molecule has 0 saturated heterocycles. The predicted molar refractivity (Wildman–Crippen MR) is 90.6 cm³/mol. The molecule has 2 unspecified atom stereocenters. The summed E-state index contributed by atoms with van der Waals surface area (Å²) in [5, 5.41) is 0. The van der Waals surface area contributed by atoms with Crippen molar-refractivity contribution in [2.24, 2.45) is 23.2 Å². The Labute approximate surface area is 137 Å². The zero-order chi connectivity index (χ0) is 14.4. The molecular formula is C19H26BrN. The third-order valence-corrected chi connectivity index (χ3v) is 7.61. The molecule has 4 aliphatic carbocycles. The van der Waals surface area contributed by atoms with Crippen molar-refractivity contribution in [1.29, 1.82) is 0 Å². The molecule has 4 bridgehead atoms. The summed E-state index contributed by atoms with van der Waals surface area (Å²) in [7, 11) is 0. The zero-order valence-electron chi connectivity index (χ0n) is 13.0. The fraction of sp³-hybridized carbons (Fsp3) is 0.737. The predicted octanol–water partition coefficient (Wildman–Crippen LogP) is 5.56. The van der Waals surface area contributed by atoms with Crippen molar-refractivity contribution in [2.45, 2.75) is 62.6 Å². The van der Waals surface area contributed by atoms with Crippen LogP contribution in [-0.2, 0) is 0 Å². The first kappa shape index (κ1) is 14.2. The van der Waals surface area contributed by atoms with Gasteiger partial charge in [0.1, 0.15) is 0 Å². The molecule has 0 aliphatic heterocycles. The van der Waals surface area contributed by atoms with Crippen LogP contribution in [-0.4, -0.2) is 9.81 Å². The second-order valence-electron chi connectivity index (χ2n) is 8.18. The molecule has 2 atom stereocenters. The van der Waals surface area contributed by atoms with E-state index in [2.05, 4.69) is 40.0 Å². The van der Waals surface area contributed by atoms with E-state index in [-0.39, 0.29) is 0 Å². The third-order valence-electron chi connectivity index (χ3n) is 6.49. The molecule has 0 spiro atoms. The number of rotatable bonds is 4. The van der Waals surface area contributed by atoms with Crippen LogP contribution in [0, 0.1) is 23.2 Å². The second kappa shape index (κ2) is 5.37. The molecule has 1 heterocycles. The van der Waals surface area contributed by atoms with Gasteiger partial charge >= 0.3 is 0 Å². The van der Waals surface area contributed by atoms with Crippen molar-refractivity contribution in [3.8, 4) is 0 Å². The molecule has 1 aromatic rings. The first-order valence-corrected chi connectivity index (χ1v) is 9.60. The minimum absolute atomic E-state index is 0.513. The van der Waals surface area contributed by atoms with Crippen molar-refractivity contribution in [3.63, 3.8) is 0 Å². The summed E-state index contributed by atoms with van der Waals surface area (Å²) in [6.07, 6.45) is 12.4. The van der Waals surface area contributed by atoms with Crippen molar-refractivity contribution in [1.82, 2.24) is 4.98 Å². The Balaban J connectivity index is 1.48. The molecule has 21 heavy (non-hydrogen) atoms. The van der Waals surface area contributed by atoms with Gasteiger partial charge in [0.25, 0.3) is 0 Å². The van der Waals surface area contributed by atoms with Gasteiger partial charge in [-0.2, -0.15) is 0 Å². The van der Waals surface area contributed by atoms with E-state index in [0.717, 1.165) is 17.8 Å². The van der Waals surface area contributed by atoms with Gasteiger partial charge in [0.2, 0.25) is 0 Å². The number of nitrogens with zero attached hydrogens (tertiary/aromatic N) is 1. The van der Waals surface area contributed by atoms with Gasteiger partial charge in [-0.15, -0.1) is 0 Å². The molecule has 114 valence electrons. The van der Waals surface area contributed by atoms with E-state index >= 15 is 0 Å². The Kier molecular flexibility index (Phi) is 3.64. The Morgan fingerprint density at radius 1 is 1.14 bits per heavy atom. The summed E-state index contributed by atoms with van der Waals surface area (Å²) in [6.45, 7) is 2.34. The first-order valence-electron chi connectivity index (χ1n) is 8.68. The van der Waals surface area contributed by atoms with Gasteiger partial charge in [0.15, 0.2) is 0 Å². The molecule has 5 rings (SSSR count). The Morgan fingerprint density at radius 3 is 2.29 bits per heavy atom. The van der Waals surface area contributed by atoms with E-state index in [9.17, 15) is 0 Å². The summed E-state index contributed by atoms with van der Waals surface area (Å²) < 4.78 is 0. The second-order valence-corrected chi connectivity index (χ2v) is 9.36. The van der Waals surface area contributed by atoms with E-state index in [1.807, 2.05) is 12.3 Å². The van der Waals surface area contributed by atoms with Crippen molar-refractivity contribution >= 4 is 15.9 Å². The topological polar surface area (TPSA) is 12.9 Å². The highest BCUT2D eigenvalue weighted by atomic mass is 79.9. The largest absolute Gasteiger partial charge is 0.261 e. The molecule has 1 nitrogen and oxygen atoms in total. The van der Waals surface area contributed by atoms with Crippen molar-refractivity contribution in [2.75, 3.05) is 0 Å². The molecule has 4 aliphatic rings. The van der Waals surface area contributed by atoms with Crippen LogP contribution < -0.4 is 0 Å². The van der Waals surface area contributed by atoms with Crippen LogP contribution >= 0.6 is 15.9 Å². The van der Waals surface area contributed by atoms with E-state index < -0.39 is 0 Å². The van der Waals surface area contributed by atoms with Crippen LogP contribution in [0.3, 0.4) is 0 Å². The van der Waals surface area contributed by atoms with E-state index in [4.69, 9.17) is 0 Å². The van der Waals surface area contributed by atoms with Gasteiger partial charge in [-0.05, 0) is 80.2 Å². The molecule has 4 fully saturated rings. The average molecular weight is 348 g/mol. The Morgan fingerprint density at radius 2 is 1.76 bits per heavy atom. The molecule has 0 N–H and O–H groups in total. The molecule has 1 aromatic heterocycles. The summed E-state index contributed by atoms with van der Waals surface area (Å²) >= 11 is 4.03. The average Bonchev–Trinajstić information content (AvgIpc) is 2.45. The van der Waals surface area contributed by atoms with E-state index in [1.165, 1.54) is 31.4 Å². The lowest BCUT2D eigenvalue weighted by molar-refractivity contribution is -0.0576. The third kappa shape index (κ3) is 2.69. The molecule has 0 amide bonds. The monoisotopic (exact) mass is 347 g/mol. The SMILES string of the molecule is CC(c1ccccn1)C(Br)CC12CC3CC(CC(C3)C1)C2. The summed E-state index contributed by atoms with van der Waals surface area (Å²) in [5.41, 5.74) is 1.90. The normalized spacial score (nSPS) is 40.2. The number of halogens is 1. The van der Waals surface area contributed by atoms with Gasteiger partial charge in [0, 0.05) is 22.6 Å². The maximum atomic E-state index is 4.56. The highest BCUT2D eigenvalue weighted by molar-refractivity contribution is 9.09. The lowest BCUT2D eigenvalue weighted by atomic mass is 9.48. The van der Waals surface area contributed by atoms with Crippen LogP contribution in [0.5, 0.6) is 0 Å². The molecule has 4 saturated carbocycles. The van der Waals surface area contributed by atoms with E-state index in [1.54, 1.807) is 19.3 Å². The molecular weight excluding hydrogens is 322 g/mol. The Hall–Kier alpha value is -0.370. The lowest BCUT2D eigenvalue weighted by Gasteiger charge is -2.57. The summed E-state index contributed by atoms with van der Waals surface area (Å²) in [6, 6.07) is 6.31. The quantitative estimate of drug-likeness (QED) is 0.650. The Bertz CT molecular complexity index is 462. The number of hydrogen-bond donors (Lipinski definition) is 0. The maximum Gasteiger partial charge on any atom is 0.0442 e. The van der Waals surface area contributed by atoms with Crippen LogP contribution in [0.15, 0.2) is 24.4 Å². The lowest BCUT2D eigenvalue weighted by Crippen LogP contribution is -2.47. The molecule has 0 aromatic carbocycles. The number of hydrogen-bond acceptors (Lipinski definition) is 1. The van der Waals surface area contributed by atoms with Gasteiger partial charge in [-0.3, -0.25) is 4.98 Å². The van der Waals surface area contributed by atoms with E-state index in [0.29, 0.717) is 16.2 Å². The molecule has 2 heteroatoms. The molecule has 0 radical (unpaired) electrons. The first-order chi connectivity index (χ1) is 10.1. The minimum atomic E-state index is 0.513. The summed E-state index contributed by atoms with van der Waals surface area (Å²) in [4.78, 5) is 5.14. The van der Waals surface area contributed by atoms with Crippen molar-refractivity contribution in [3.05, 3.63) is 30.1 Å². The number of pyridine rings is 1. The fourth-order valence-electron chi connectivity index (χ4n) is 5.96. The van der Waals surface area contributed by atoms with Gasteiger partial charge in [0.05, 0.1) is 0 Å².